The van der Waals surface area contributed by atoms with Crippen LogP contribution in [0.1, 0.15) is 17.2 Å². The van der Waals surface area contributed by atoms with E-state index in [1.807, 2.05) is 48.1 Å². The first kappa shape index (κ1) is 13.9. The fourth-order valence-electron chi connectivity index (χ4n) is 2.72. The van der Waals surface area contributed by atoms with Crippen molar-refractivity contribution in [1.82, 2.24) is 29.8 Å². The summed E-state index contributed by atoms with van der Waals surface area (Å²) in [6.45, 7) is 0. The summed E-state index contributed by atoms with van der Waals surface area (Å²) in [4.78, 5) is 4.07. The van der Waals surface area contributed by atoms with E-state index < -0.39 is 0 Å². The van der Waals surface area contributed by atoms with Gasteiger partial charge in [0.15, 0.2) is 0 Å². The Kier molecular flexibility index (Phi) is 3.31. The van der Waals surface area contributed by atoms with Crippen molar-refractivity contribution in [2.24, 2.45) is 7.05 Å². The molecular formula is C16H13ClN6. The Hall–Kier alpha value is -2.73. The first-order chi connectivity index (χ1) is 11.2. The molecule has 6 nitrogen and oxygen atoms in total. The summed E-state index contributed by atoms with van der Waals surface area (Å²) in [5.41, 5.74) is 3.97. The van der Waals surface area contributed by atoms with Crippen LogP contribution in [0.25, 0.3) is 11.0 Å². The molecule has 4 rings (SSSR count). The lowest BCUT2D eigenvalue weighted by Gasteiger charge is -2.18. The fourth-order valence-corrected chi connectivity index (χ4v) is 2.85. The van der Waals surface area contributed by atoms with Gasteiger partial charge in [0.25, 0.3) is 0 Å². The number of aryl methyl sites for hydroxylation is 1. The molecule has 1 atom stereocenters. The zero-order valence-corrected chi connectivity index (χ0v) is 13.1. The average Bonchev–Trinajstić information content (AvgIpc) is 3.20. The summed E-state index contributed by atoms with van der Waals surface area (Å²) in [6.07, 6.45) is 3.24. The van der Waals surface area contributed by atoms with E-state index in [9.17, 15) is 0 Å². The summed E-state index contributed by atoms with van der Waals surface area (Å²) in [7, 11) is 1.88. The Bertz CT molecular complexity index is 943. The molecule has 7 heteroatoms. The van der Waals surface area contributed by atoms with Gasteiger partial charge in [-0.05, 0) is 35.4 Å². The molecular weight excluding hydrogens is 312 g/mol. The van der Waals surface area contributed by atoms with Gasteiger partial charge in [-0.2, -0.15) is 5.10 Å². The molecule has 0 radical (unpaired) electrons. The monoisotopic (exact) mass is 324 g/mol. The van der Waals surface area contributed by atoms with Crippen LogP contribution in [0.15, 0.2) is 55.1 Å². The molecule has 0 aliphatic rings. The Balaban J connectivity index is 1.88. The molecule has 114 valence electrons. The SMILES string of the molecule is Cn1nnc2cc([C@H](c3ccc(Cl)cc3)n3cncn3)ccc21. The lowest BCUT2D eigenvalue weighted by molar-refractivity contribution is 0.594. The number of hydrogen-bond acceptors (Lipinski definition) is 4. The minimum atomic E-state index is -0.0961. The topological polar surface area (TPSA) is 61.4 Å². The fraction of sp³-hybridized carbons (Fsp3) is 0.125. The van der Waals surface area contributed by atoms with Crippen molar-refractivity contribution in [3.8, 4) is 0 Å². The van der Waals surface area contributed by atoms with Crippen LogP contribution in [0.3, 0.4) is 0 Å². The number of nitrogens with zero attached hydrogens (tertiary/aromatic N) is 6. The number of hydrogen-bond donors (Lipinski definition) is 0. The van der Waals surface area contributed by atoms with E-state index in [1.54, 1.807) is 11.0 Å². The molecule has 0 N–H and O–H groups in total. The van der Waals surface area contributed by atoms with Crippen LogP contribution in [0.5, 0.6) is 0 Å². The second kappa shape index (κ2) is 5.48. The quantitative estimate of drug-likeness (QED) is 0.581. The number of benzene rings is 2. The van der Waals surface area contributed by atoms with Crippen molar-refractivity contribution >= 4 is 22.6 Å². The predicted molar refractivity (Wildman–Crippen MR) is 87.2 cm³/mol. The first-order valence-electron chi connectivity index (χ1n) is 7.11. The molecule has 0 saturated heterocycles. The zero-order valence-electron chi connectivity index (χ0n) is 12.3. The lowest BCUT2D eigenvalue weighted by atomic mass is 9.98. The molecule has 0 bridgehead atoms. The second-order valence-corrected chi connectivity index (χ2v) is 5.73. The maximum atomic E-state index is 6.01. The van der Waals surface area contributed by atoms with Crippen molar-refractivity contribution in [2.45, 2.75) is 6.04 Å². The molecule has 0 fully saturated rings. The van der Waals surface area contributed by atoms with Gasteiger partial charge in [-0.3, -0.25) is 0 Å². The van der Waals surface area contributed by atoms with Crippen LogP contribution in [0.4, 0.5) is 0 Å². The molecule has 2 aromatic heterocycles. The summed E-state index contributed by atoms with van der Waals surface area (Å²) in [5, 5.41) is 13.3. The summed E-state index contributed by atoms with van der Waals surface area (Å²) < 4.78 is 3.58. The van der Waals surface area contributed by atoms with Gasteiger partial charge in [-0.1, -0.05) is 35.0 Å². The zero-order chi connectivity index (χ0) is 15.8. The highest BCUT2D eigenvalue weighted by Gasteiger charge is 2.18. The number of rotatable bonds is 3. The Morgan fingerprint density at radius 2 is 1.83 bits per heavy atom. The highest BCUT2D eigenvalue weighted by molar-refractivity contribution is 6.30. The molecule has 0 aliphatic heterocycles. The van der Waals surface area contributed by atoms with Gasteiger partial charge in [0.05, 0.1) is 5.52 Å². The second-order valence-electron chi connectivity index (χ2n) is 5.29. The Labute approximate surface area is 137 Å². The molecule has 2 heterocycles. The number of fused-ring (bicyclic) bond motifs is 1. The van der Waals surface area contributed by atoms with Crippen LogP contribution in [-0.2, 0) is 7.05 Å². The minimum Gasteiger partial charge on any atom is -0.248 e. The van der Waals surface area contributed by atoms with Gasteiger partial charge in [-0.15, -0.1) is 5.10 Å². The minimum absolute atomic E-state index is 0.0961. The number of halogens is 1. The molecule has 0 unspecified atom stereocenters. The molecule has 2 aromatic carbocycles. The van der Waals surface area contributed by atoms with E-state index in [-0.39, 0.29) is 6.04 Å². The van der Waals surface area contributed by atoms with E-state index in [4.69, 9.17) is 11.6 Å². The van der Waals surface area contributed by atoms with Crippen LogP contribution in [-0.4, -0.2) is 29.8 Å². The largest absolute Gasteiger partial charge is 0.248 e. The highest BCUT2D eigenvalue weighted by atomic mass is 35.5. The van der Waals surface area contributed by atoms with Crippen molar-refractivity contribution in [2.75, 3.05) is 0 Å². The summed E-state index contributed by atoms with van der Waals surface area (Å²) >= 11 is 6.01. The van der Waals surface area contributed by atoms with Crippen LogP contribution in [0, 0.1) is 0 Å². The van der Waals surface area contributed by atoms with E-state index in [0.29, 0.717) is 5.02 Å². The molecule has 0 saturated carbocycles. The van der Waals surface area contributed by atoms with Gasteiger partial charge < -0.3 is 0 Å². The maximum absolute atomic E-state index is 6.01. The van der Waals surface area contributed by atoms with Crippen molar-refractivity contribution < 1.29 is 0 Å². The van der Waals surface area contributed by atoms with Gasteiger partial charge in [-0.25, -0.2) is 14.3 Å². The normalized spacial score (nSPS) is 12.6. The summed E-state index contributed by atoms with van der Waals surface area (Å²) in [6, 6.07) is 13.8. The van der Waals surface area contributed by atoms with Crippen molar-refractivity contribution in [3.63, 3.8) is 0 Å². The Morgan fingerprint density at radius 1 is 1.04 bits per heavy atom. The van der Waals surface area contributed by atoms with Gasteiger partial charge in [0, 0.05) is 12.1 Å². The lowest BCUT2D eigenvalue weighted by Crippen LogP contribution is -2.13. The molecule has 23 heavy (non-hydrogen) atoms. The summed E-state index contributed by atoms with van der Waals surface area (Å²) in [5.74, 6) is 0. The van der Waals surface area contributed by atoms with Crippen molar-refractivity contribution in [3.05, 3.63) is 71.3 Å². The van der Waals surface area contributed by atoms with E-state index in [0.717, 1.165) is 22.2 Å². The van der Waals surface area contributed by atoms with Crippen molar-refractivity contribution in [1.29, 1.82) is 0 Å². The van der Waals surface area contributed by atoms with E-state index >= 15 is 0 Å². The molecule has 4 aromatic rings. The van der Waals surface area contributed by atoms with Crippen LogP contribution in [0.2, 0.25) is 5.02 Å². The van der Waals surface area contributed by atoms with Gasteiger partial charge >= 0.3 is 0 Å². The van der Waals surface area contributed by atoms with Gasteiger partial charge in [0.1, 0.15) is 24.2 Å². The van der Waals surface area contributed by atoms with Gasteiger partial charge in [0.2, 0.25) is 0 Å². The smallest absolute Gasteiger partial charge is 0.137 e. The van der Waals surface area contributed by atoms with E-state index in [2.05, 4.69) is 26.5 Å². The third-order valence-corrected chi connectivity index (χ3v) is 4.09. The first-order valence-corrected chi connectivity index (χ1v) is 7.49. The predicted octanol–water partition coefficient (Wildman–Crippen LogP) is 2.85. The third-order valence-electron chi connectivity index (χ3n) is 3.84. The number of aromatic nitrogens is 6. The van der Waals surface area contributed by atoms with Crippen LogP contribution >= 0.6 is 11.6 Å². The van der Waals surface area contributed by atoms with E-state index in [1.165, 1.54) is 6.33 Å². The van der Waals surface area contributed by atoms with Crippen LogP contribution < -0.4 is 0 Å². The highest BCUT2D eigenvalue weighted by Crippen LogP contribution is 2.28. The Morgan fingerprint density at radius 3 is 2.57 bits per heavy atom. The maximum Gasteiger partial charge on any atom is 0.137 e. The molecule has 0 spiro atoms. The standard InChI is InChI=1S/C16H13ClN6/c1-22-15-7-4-12(8-14(15)20-21-22)16(23-10-18-9-19-23)11-2-5-13(17)6-3-11/h2-10,16H,1H3/t16-/m0/s1. The molecule has 0 aliphatic carbocycles. The average molecular weight is 325 g/mol. The third kappa shape index (κ3) is 2.47. The molecule has 0 amide bonds.